The Bertz CT molecular complexity index is 803. The lowest BCUT2D eigenvalue weighted by atomic mass is 9.92. The number of hydrogen-bond donors (Lipinski definition) is 1. The van der Waals surface area contributed by atoms with Gasteiger partial charge in [-0.1, -0.05) is 182 Å². The van der Waals surface area contributed by atoms with E-state index in [1.165, 1.54) is 128 Å². The van der Waals surface area contributed by atoms with Crippen LogP contribution in [0.4, 0.5) is 0 Å². The first-order valence-electron chi connectivity index (χ1n) is 24.5. The molecule has 0 aliphatic rings. The van der Waals surface area contributed by atoms with Crippen LogP contribution in [0.3, 0.4) is 0 Å². The van der Waals surface area contributed by atoms with Crippen LogP contribution in [0.15, 0.2) is 0 Å². The maximum atomic E-state index is 12.6. The van der Waals surface area contributed by atoms with Crippen molar-refractivity contribution in [2.45, 2.75) is 252 Å². The lowest BCUT2D eigenvalue weighted by Gasteiger charge is -2.20. The highest BCUT2D eigenvalue weighted by Gasteiger charge is 2.16. The molecule has 1 N–H and O–H groups in total. The molecule has 0 fully saturated rings. The van der Waals surface area contributed by atoms with Crippen molar-refractivity contribution in [1.82, 2.24) is 10.2 Å². The molecular weight excluding hydrogens is 697 g/mol. The molecule has 0 aromatic rings. The predicted octanol–water partition coefficient (Wildman–Crippen LogP) is 13.7. The van der Waals surface area contributed by atoms with Gasteiger partial charge in [-0.2, -0.15) is 0 Å². The summed E-state index contributed by atoms with van der Waals surface area (Å²) in [6.45, 7) is 10.5. The number of esters is 2. The molecule has 0 aliphatic carbocycles. The van der Waals surface area contributed by atoms with Crippen LogP contribution in [-0.2, 0) is 23.9 Å². The molecule has 0 bridgehead atoms. The van der Waals surface area contributed by atoms with Crippen LogP contribution >= 0.6 is 0 Å². The Balaban J connectivity index is 4.14. The fourth-order valence-electron chi connectivity index (χ4n) is 7.99. The maximum absolute atomic E-state index is 12.6. The zero-order valence-corrected chi connectivity index (χ0v) is 38.4. The van der Waals surface area contributed by atoms with Crippen LogP contribution in [-0.4, -0.2) is 62.6 Å². The summed E-state index contributed by atoms with van der Waals surface area (Å²) in [7, 11) is 3.90. The molecule has 7 heteroatoms. The normalized spacial score (nSPS) is 11.7. The number of amides is 1. The van der Waals surface area contributed by atoms with Gasteiger partial charge in [0.1, 0.15) is 0 Å². The average molecular weight is 793 g/mol. The first-order valence-corrected chi connectivity index (χ1v) is 24.5. The second-order valence-corrected chi connectivity index (χ2v) is 17.6. The van der Waals surface area contributed by atoms with E-state index in [1.807, 2.05) is 19.0 Å². The van der Waals surface area contributed by atoms with Gasteiger partial charge in [0.25, 0.3) is 0 Å². The van der Waals surface area contributed by atoms with Crippen molar-refractivity contribution in [3.8, 4) is 0 Å². The smallest absolute Gasteiger partial charge is 0.306 e. The van der Waals surface area contributed by atoms with E-state index in [-0.39, 0.29) is 23.9 Å². The van der Waals surface area contributed by atoms with E-state index in [2.05, 4.69) is 33.0 Å². The van der Waals surface area contributed by atoms with Gasteiger partial charge in [-0.15, -0.1) is 0 Å². The van der Waals surface area contributed by atoms with Crippen LogP contribution in [0.5, 0.6) is 0 Å². The van der Waals surface area contributed by atoms with Crippen molar-refractivity contribution < 1.29 is 23.9 Å². The van der Waals surface area contributed by atoms with Gasteiger partial charge in [0.2, 0.25) is 5.91 Å². The molecule has 0 aromatic carbocycles. The number of ether oxygens (including phenoxy) is 2. The quantitative estimate of drug-likeness (QED) is 0.0489. The molecule has 0 spiro atoms. The molecule has 0 heterocycles. The lowest BCUT2D eigenvalue weighted by molar-refractivity contribution is -0.146. The monoisotopic (exact) mass is 793 g/mol. The van der Waals surface area contributed by atoms with Gasteiger partial charge in [-0.25, -0.2) is 0 Å². The number of rotatable bonds is 43. The average Bonchev–Trinajstić information content (AvgIpc) is 3.15. The summed E-state index contributed by atoms with van der Waals surface area (Å²) in [5.74, 6) is 1.15. The summed E-state index contributed by atoms with van der Waals surface area (Å²) in [6.07, 6.45) is 39.1. The Kier molecular flexibility index (Phi) is 40.3. The van der Waals surface area contributed by atoms with E-state index in [0.717, 1.165) is 77.0 Å². The number of hydrogen-bond acceptors (Lipinski definition) is 6. The van der Waals surface area contributed by atoms with Crippen molar-refractivity contribution in [3.05, 3.63) is 0 Å². The SMILES string of the molecule is CCCCCC(CCCCC)CC(=O)OCCCCCCCCCC(CCCCCCCCCOC(=O)CC(CCCCC)CCCCC)NC(=O)CN(C)C. The van der Waals surface area contributed by atoms with Crippen molar-refractivity contribution in [1.29, 1.82) is 0 Å². The number of carbonyl (C=O) groups excluding carboxylic acids is 3. The Morgan fingerprint density at radius 2 is 0.732 bits per heavy atom. The molecule has 1 amide bonds. The van der Waals surface area contributed by atoms with Crippen LogP contribution in [0, 0.1) is 11.8 Å². The number of nitrogens with one attached hydrogen (secondary N) is 1. The Labute approximate surface area is 348 Å². The molecule has 332 valence electrons. The maximum Gasteiger partial charge on any atom is 0.306 e. The third-order valence-electron chi connectivity index (χ3n) is 11.5. The van der Waals surface area contributed by atoms with Gasteiger partial charge in [-0.05, 0) is 77.3 Å². The molecule has 0 aliphatic heterocycles. The highest BCUT2D eigenvalue weighted by Crippen LogP contribution is 2.23. The van der Waals surface area contributed by atoms with Gasteiger partial charge < -0.3 is 19.7 Å². The summed E-state index contributed by atoms with van der Waals surface area (Å²) < 4.78 is 11.3. The van der Waals surface area contributed by atoms with E-state index in [4.69, 9.17) is 9.47 Å². The van der Waals surface area contributed by atoms with E-state index >= 15 is 0 Å². The second-order valence-electron chi connectivity index (χ2n) is 17.6. The number of likely N-dealkylation sites (N-methyl/N-ethyl adjacent to an activating group) is 1. The minimum absolute atomic E-state index is 0.0100. The number of carbonyl (C=O) groups is 3. The van der Waals surface area contributed by atoms with E-state index < -0.39 is 0 Å². The predicted molar refractivity (Wildman–Crippen MR) is 239 cm³/mol. The summed E-state index contributed by atoms with van der Waals surface area (Å²) in [4.78, 5) is 39.5. The first kappa shape index (κ1) is 54.4. The zero-order valence-electron chi connectivity index (χ0n) is 38.4. The van der Waals surface area contributed by atoms with Crippen molar-refractivity contribution >= 4 is 17.8 Å². The van der Waals surface area contributed by atoms with Crippen LogP contribution in [0.2, 0.25) is 0 Å². The fraction of sp³-hybridized carbons (Fsp3) is 0.939. The highest BCUT2D eigenvalue weighted by atomic mass is 16.5. The third kappa shape index (κ3) is 37.9. The molecule has 56 heavy (non-hydrogen) atoms. The van der Waals surface area contributed by atoms with Gasteiger partial charge in [0.05, 0.1) is 19.8 Å². The Morgan fingerprint density at radius 3 is 1.05 bits per heavy atom. The van der Waals surface area contributed by atoms with Crippen LogP contribution < -0.4 is 5.32 Å². The topological polar surface area (TPSA) is 84.9 Å². The molecule has 0 aromatic heterocycles. The zero-order chi connectivity index (χ0) is 41.3. The molecule has 0 saturated heterocycles. The fourth-order valence-corrected chi connectivity index (χ4v) is 7.99. The first-order chi connectivity index (χ1) is 27.2. The molecular formula is C49H96N2O5. The Morgan fingerprint density at radius 1 is 0.429 bits per heavy atom. The van der Waals surface area contributed by atoms with Crippen molar-refractivity contribution in [3.63, 3.8) is 0 Å². The molecule has 0 radical (unpaired) electrons. The van der Waals surface area contributed by atoms with Gasteiger partial charge in [0.15, 0.2) is 0 Å². The minimum Gasteiger partial charge on any atom is -0.466 e. The van der Waals surface area contributed by atoms with E-state index in [1.54, 1.807) is 0 Å². The summed E-state index contributed by atoms with van der Waals surface area (Å²) in [5, 5.41) is 3.33. The summed E-state index contributed by atoms with van der Waals surface area (Å²) in [6, 6.07) is 0.266. The third-order valence-corrected chi connectivity index (χ3v) is 11.5. The second kappa shape index (κ2) is 41.5. The van der Waals surface area contributed by atoms with Crippen LogP contribution in [0.25, 0.3) is 0 Å². The van der Waals surface area contributed by atoms with Crippen molar-refractivity contribution in [2.24, 2.45) is 11.8 Å². The van der Waals surface area contributed by atoms with Gasteiger partial charge >= 0.3 is 11.9 Å². The van der Waals surface area contributed by atoms with Gasteiger partial charge in [0, 0.05) is 18.9 Å². The van der Waals surface area contributed by atoms with E-state index in [0.29, 0.717) is 44.4 Å². The largest absolute Gasteiger partial charge is 0.466 e. The molecule has 0 atom stereocenters. The minimum atomic E-state index is 0.0100. The summed E-state index contributed by atoms with van der Waals surface area (Å²) >= 11 is 0. The summed E-state index contributed by atoms with van der Waals surface area (Å²) in [5.41, 5.74) is 0. The number of nitrogens with zero attached hydrogens (tertiary/aromatic N) is 1. The van der Waals surface area contributed by atoms with Crippen molar-refractivity contribution in [2.75, 3.05) is 33.9 Å². The standard InChI is InChI=1S/C49H96N2O5/c1-7-11-25-33-44(34-26-12-8-2)41-48(53)55-39-31-23-19-15-17-21-29-37-46(50-47(52)43-51(5)6)38-30-22-18-16-20-24-32-40-56-49(54)42-45(35-27-13-9-3)36-28-14-10-4/h44-46H,7-43H2,1-6H3,(H,50,52). The highest BCUT2D eigenvalue weighted by molar-refractivity contribution is 5.78. The van der Waals surface area contributed by atoms with Gasteiger partial charge in [-0.3, -0.25) is 14.4 Å². The molecule has 7 nitrogen and oxygen atoms in total. The van der Waals surface area contributed by atoms with Crippen LogP contribution in [0.1, 0.15) is 246 Å². The Hall–Kier alpha value is -1.63. The lowest BCUT2D eigenvalue weighted by Crippen LogP contribution is -2.40. The molecule has 0 saturated carbocycles. The number of unbranched alkanes of at least 4 members (excludes halogenated alkanes) is 20. The molecule has 0 unspecified atom stereocenters. The molecule has 0 rings (SSSR count). The van der Waals surface area contributed by atoms with E-state index in [9.17, 15) is 14.4 Å².